The van der Waals surface area contributed by atoms with E-state index in [4.69, 9.17) is 4.74 Å². The molecule has 0 saturated heterocycles. The molecule has 1 amide bonds. The van der Waals surface area contributed by atoms with Gasteiger partial charge in [-0.15, -0.1) is 0 Å². The van der Waals surface area contributed by atoms with Crippen molar-refractivity contribution < 1.29 is 14.3 Å². The summed E-state index contributed by atoms with van der Waals surface area (Å²) in [6.07, 6.45) is 3.63. The Balaban J connectivity index is 1.97. The summed E-state index contributed by atoms with van der Waals surface area (Å²) in [7, 11) is 0. The molecule has 1 N–H and O–H groups in total. The molecule has 21 heavy (non-hydrogen) atoms. The quantitative estimate of drug-likeness (QED) is 0.868. The van der Waals surface area contributed by atoms with E-state index < -0.39 is 18.0 Å². The summed E-state index contributed by atoms with van der Waals surface area (Å²) in [6.45, 7) is 3.34. The Bertz CT molecular complexity index is 644. The van der Waals surface area contributed by atoms with Gasteiger partial charge in [0.25, 0.3) is 5.91 Å². The van der Waals surface area contributed by atoms with Crippen molar-refractivity contribution in [3.63, 3.8) is 0 Å². The zero-order valence-corrected chi connectivity index (χ0v) is 11.7. The van der Waals surface area contributed by atoms with Crippen LogP contribution in [0.2, 0.25) is 0 Å². The smallest absolute Gasteiger partial charge is 0.339 e. The third kappa shape index (κ3) is 3.85. The molecule has 0 aliphatic carbocycles. The molecule has 6 heteroatoms. The maximum absolute atomic E-state index is 12.0. The van der Waals surface area contributed by atoms with Gasteiger partial charge in [-0.3, -0.25) is 9.78 Å². The average Bonchev–Trinajstić information content (AvgIpc) is 2.50. The molecule has 2 aromatic heterocycles. The van der Waals surface area contributed by atoms with Crippen LogP contribution in [0, 0.1) is 6.92 Å². The van der Waals surface area contributed by atoms with Gasteiger partial charge in [-0.25, -0.2) is 9.78 Å². The van der Waals surface area contributed by atoms with Crippen molar-refractivity contribution in [3.8, 4) is 0 Å². The zero-order valence-electron chi connectivity index (χ0n) is 11.7. The highest BCUT2D eigenvalue weighted by Gasteiger charge is 2.19. The van der Waals surface area contributed by atoms with Crippen LogP contribution in [0.3, 0.4) is 0 Å². The number of carbonyl (C=O) groups excluding carboxylic acids is 2. The maximum atomic E-state index is 12.0. The number of nitrogens with zero attached hydrogens (tertiary/aromatic N) is 2. The first kappa shape index (κ1) is 14.6. The first-order valence-electron chi connectivity index (χ1n) is 6.41. The summed E-state index contributed by atoms with van der Waals surface area (Å²) >= 11 is 0. The molecule has 1 atom stereocenters. The topological polar surface area (TPSA) is 81.2 Å². The van der Waals surface area contributed by atoms with Crippen molar-refractivity contribution >= 4 is 17.7 Å². The Labute approximate surface area is 122 Å². The molecule has 0 spiro atoms. The number of aromatic nitrogens is 2. The van der Waals surface area contributed by atoms with Crippen LogP contribution >= 0.6 is 0 Å². The third-order valence-corrected chi connectivity index (χ3v) is 2.82. The first-order chi connectivity index (χ1) is 10.1. The number of esters is 1. The van der Waals surface area contributed by atoms with Gasteiger partial charge in [0.05, 0.1) is 5.56 Å². The van der Waals surface area contributed by atoms with Crippen molar-refractivity contribution in [2.24, 2.45) is 0 Å². The van der Waals surface area contributed by atoms with Crippen LogP contribution in [0.1, 0.15) is 22.8 Å². The Kier molecular flexibility index (Phi) is 4.61. The van der Waals surface area contributed by atoms with Crippen LogP contribution in [-0.4, -0.2) is 27.9 Å². The summed E-state index contributed by atoms with van der Waals surface area (Å²) in [6, 6.07) is 6.65. The van der Waals surface area contributed by atoms with Crippen LogP contribution in [0.5, 0.6) is 0 Å². The molecule has 6 nitrogen and oxygen atoms in total. The molecule has 1 unspecified atom stereocenters. The highest BCUT2D eigenvalue weighted by Crippen LogP contribution is 2.10. The summed E-state index contributed by atoms with van der Waals surface area (Å²) < 4.78 is 5.10. The van der Waals surface area contributed by atoms with E-state index in [0.717, 1.165) is 5.56 Å². The van der Waals surface area contributed by atoms with E-state index >= 15 is 0 Å². The SMILES string of the molecule is Cc1cccnc1NC(=O)C(C)OC(=O)c1ccncc1. The molecular formula is C15H15N3O3. The minimum Gasteiger partial charge on any atom is -0.449 e. The van der Waals surface area contributed by atoms with E-state index in [2.05, 4.69) is 15.3 Å². The fraction of sp³-hybridized carbons (Fsp3) is 0.200. The minimum absolute atomic E-state index is 0.346. The van der Waals surface area contributed by atoms with Crippen LogP contribution in [0.25, 0.3) is 0 Å². The van der Waals surface area contributed by atoms with E-state index in [0.29, 0.717) is 11.4 Å². The fourth-order valence-electron chi connectivity index (χ4n) is 1.60. The lowest BCUT2D eigenvalue weighted by Crippen LogP contribution is -2.30. The number of amides is 1. The van der Waals surface area contributed by atoms with Gasteiger partial charge in [-0.05, 0) is 37.6 Å². The normalized spacial score (nSPS) is 11.5. The summed E-state index contributed by atoms with van der Waals surface area (Å²) in [4.78, 5) is 31.7. The lowest BCUT2D eigenvalue weighted by atomic mass is 10.2. The van der Waals surface area contributed by atoms with Crippen molar-refractivity contribution in [1.82, 2.24) is 9.97 Å². The molecule has 0 saturated carbocycles. The monoisotopic (exact) mass is 285 g/mol. The van der Waals surface area contributed by atoms with E-state index in [1.807, 2.05) is 13.0 Å². The van der Waals surface area contributed by atoms with Gasteiger partial charge in [-0.2, -0.15) is 0 Å². The van der Waals surface area contributed by atoms with Crippen LogP contribution in [0.4, 0.5) is 5.82 Å². The number of anilines is 1. The Morgan fingerprint density at radius 1 is 1.19 bits per heavy atom. The molecule has 0 aliphatic heterocycles. The molecule has 2 rings (SSSR count). The summed E-state index contributed by atoms with van der Waals surface area (Å²) in [5, 5.41) is 2.63. The number of hydrogen-bond donors (Lipinski definition) is 1. The Morgan fingerprint density at radius 2 is 1.90 bits per heavy atom. The molecule has 0 aliphatic rings. The van der Waals surface area contributed by atoms with Gasteiger partial charge in [0, 0.05) is 18.6 Å². The molecule has 2 heterocycles. The van der Waals surface area contributed by atoms with Gasteiger partial charge in [0.2, 0.25) is 0 Å². The van der Waals surface area contributed by atoms with Crippen molar-refractivity contribution in [3.05, 3.63) is 54.0 Å². The number of pyridine rings is 2. The fourth-order valence-corrected chi connectivity index (χ4v) is 1.60. The lowest BCUT2D eigenvalue weighted by Gasteiger charge is -2.13. The molecule has 0 bridgehead atoms. The molecule has 2 aromatic rings. The number of ether oxygens (including phenoxy) is 1. The number of hydrogen-bond acceptors (Lipinski definition) is 5. The van der Waals surface area contributed by atoms with Crippen molar-refractivity contribution in [2.75, 3.05) is 5.32 Å². The van der Waals surface area contributed by atoms with Gasteiger partial charge < -0.3 is 10.1 Å². The Hall–Kier alpha value is -2.76. The predicted octanol–water partition coefficient (Wildman–Crippen LogP) is 1.97. The largest absolute Gasteiger partial charge is 0.449 e. The Morgan fingerprint density at radius 3 is 2.57 bits per heavy atom. The standard InChI is InChI=1S/C15H15N3O3/c1-10-4-3-7-17-13(10)18-14(19)11(2)21-15(20)12-5-8-16-9-6-12/h3-9,11H,1-2H3,(H,17,18,19). The number of aryl methyl sites for hydroxylation is 1. The van der Waals surface area contributed by atoms with E-state index in [-0.39, 0.29) is 0 Å². The second-order valence-corrected chi connectivity index (χ2v) is 4.44. The van der Waals surface area contributed by atoms with Crippen LogP contribution in [0.15, 0.2) is 42.9 Å². The third-order valence-electron chi connectivity index (χ3n) is 2.82. The van der Waals surface area contributed by atoms with Crippen molar-refractivity contribution in [1.29, 1.82) is 0 Å². The van der Waals surface area contributed by atoms with Crippen LogP contribution in [-0.2, 0) is 9.53 Å². The van der Waals surface area contributed by atoms with E-state index in [1.165, 1.54) is 31.5 Å². The van der Waals surface area contributed by atoms with Gasteiger partial charge >= 0.3 is 5.97 Å². The van der Waals surface area contributed by atoms with Gasteiger partial charge in [0.1, 0.15) is 5.82 Å². The molecule has 0 fully saturated rings. The average molecular weight is 285 g/mol. The van der Waals surface area contributed by atoms with Gasteiger partial charge in [-0.1, -0.05) is 6.07 Å². The second-order valence-electron chi connectivity index (χ2n) is 4.44. The highest BCUT2D eigenvalue weighted by atomic mass is 16.5. The number of carbonyl (C=O) groups is 2. The number of nitrogens with one attached hydrogen (secondary N) is 1. The van der Waals surface area contributed by atoms with E-state index in [9.17, 15) is 9.59 Å². The summed E-state index contributed by atoms with van der Waals surface area (Å²) in [5.41, 5.74) is 1.18. The lowest BCUT2D eigenvalue weighted by molar-refractivity contribution is -0.123. The van der Waals surface area contributed by atoms with Gasteiger partial charge in [0.15, 0.2) is 6.10 Å². The van der Waals surface area contributed by atoms with Crippen molar-refractivity contribution in [2.45, 2.75) is 20.0 Å². The second kappa shape index (κ2) is 6.60. The molecule has 0 radical (unpaired) electrons. The van der Waals surface area contributed by atoms with E-state index in [1.54, 1.807) is 12.3 Å². The van der Waals surface area contributed by atoms with Crippen LogP contribution < -0.4 is 5.32 Å². The predicted molar refractivity (Wildman–Crippen MR) is 76.7 cm³/mol. The number of rotatable bonds is 4. The molecule has 108 valence electrons. The molecule has 0 aromatic carbocycles. The molecular weight excluding hydrogens is 270 g/mol. The highest BCUT2D eigenvalue weighted by molar-refractivity contribution is 5.97. The minimum atomic E-state index is -0.924. The maximum Gasteiger partial charge on any atom is 0.339 e. The zero-order chi connectivity index (χ0) is 15.2. The first-order valence-corrected chi connectivity index (χ1v) is 6.41. The summed E-state index contributed by atoms with van der Waals surface area (Å²) in [5.74, 6) is -0.550.